The molecule has 2 heterocycles. The van der Waals surface area contributed by atoms with Gasteiger partial charge in [-0.3, -0.25) is 0 Å². The van der Waals surface area contributed by atoms with Gasteiger partial charge in [0.25, 0.3) is 0 Å². The van der Waals surface area contributed by atoms with Crippen LogP contribution in [0.15, 0.2) is 0 Å². The molecule has 2 fully saturated rings. The quantitative estimate of drug-likeness (QED) is 0.481. The summed E-state index contributed by atoms with van der Waals surface area (Å²) >= 11 is 0. The second-order valence-electron chi connectivity index (χ2n) is 3.12. The van der Waals surface area contributed by atoms with Gasteiger partial charge in [0.05, 0.1) is 0 Å². The van der Waals surface area contributed by atoms with Crippen molar-refractivity contribution < 1.29 is 0 Å². The normalized spacial score (nSPS) is 42.7. The molecule has 9 heavy (non-hydrogen) atoms. The lowest BCUT2D eigenvalue weighted by atomic mass is 9.93. The van der Waals surface area contributed by atoms with Crippen LogP contribution in [0.3, 0.4) is 0 Å². The summed E-state index contributed by atoms with van der Waals surface area (Å²) in [7, 11) is 0. The van der Waals surface area contributed by atoms with E-state index >= 15 is 0 Å². The highest BCUT2D eigenvalue weighted by Crippen LogP contribution is 2.14. The highest BCUT2D eigenvalue weighted by molar-refractivity contribution is 4.87. The third kappa shape index (κ3) is 1.10. The third-order valence-corrected chi connectivity index (χ3v) is 2.42. The first-order valence-electron chi connectivity index (χ1n) is 3.92. The van der Waals surface area contributed by atoms with Gasteiger partial charge in [0, 0.05) is 12.1 Å². The number of hydrogen-bond donors (Lipinski definition) is 2. The molecule has 0 aromatic carbocycles. The third-order valence-electron chi connectivity index (χ3n) is 2.42. The van der Waals surface area contributed by atoms with Gasteiger partial charge >= 0.3 is 0 Å². The van der Waals surface area contributed by atoms with Crippen molar-refractivity contribution in [1.29, 1.82) is 0 Å². The van der Waals surface area contributed by atoms with Crippen molar-refractivity contribution in [3.8, 4) is 0 Å². The van der Waals surface area contributed by atoms with Gasteiger partial charge in [0.15, 0.2) is 0 Å². The highest BCUT2D eigenvalue weighted by Gasteiger charge is 2.24. The molecule has 2 aliphatic rings. The van der Waals surface area contributed by atoms with Gasteiger partial charge in [0.2, 0.25) is 0 Å². The van der Waals surface area contributed by atoms with Crippen molar-refractivity contribution in [3.63, 3.8) is 0 Å². The summed E-state index contributed by atoms with van der Waals surface area (Å²) in [5, 5.41) is 7.02. The SMILES string of the molecule is C1CC2CC(CCN2)N1. The predicted octanol–water partition coefficient (Wildman–Crippen LogP) is 0.100. The Kier molecular flexibility index (Phi) is 1.44. The average molecular weight is 126 g/mol. The summed E-state index contributed by atoms with van der Waals surface area (Å²) < 4.78 is 0. The summed E-state index contributed by atoms with van der Waals surface area (Å²) in [5.74, 6) is 0. The molecule has 0 aromatic rings. The molecule has 0 saturated carbocycles. The van der Waals surface area contributed by atoms with Gasteiger partial charge in [-0.2, -0.15) is 0 Å². The molecular weight excluding hydrogens is 112 g/mol. The minimum absolute atomic E-state index is 0.838. The van der Waals surface area contributed by atoms with Crippen molar-refractivity contribution in [3.05, 3.63) is 0 Å². The summed E-state index contributed by atoms with van der Waals surface area (Å²) in [6.45, 7) is 2.45. The topological polar surface area (TPSA) is 24.1 Å². The van der Waals surface area contributed by atoms with Crippen LogP contribution in [0.25, 0.3) is 0 Å². The molecule has 0 aromatic heterocycles. The van der Waals surface area contributed by atoms with Crippen molar-refractivity contribution in [2.75, 3.05) is 13.1 Å². The Morgan fingerprint density at radius 3 is 1.89 bits per heavy atom. The van der Waals surface area contributed by atoms with E-state index in [-0.39, 0.29) is 0 Å². The highest BCUT2D eigenvalue weighted by atomic mass is 15.0. The molecular formula is C7H14N2. The van der Waals surface area contributed by atoms with E-state index < -0.39 is 0 Å². The number of rotatable bonds is 0. The summed E-state index contributed by atoms with van der Waals surface area (Å²) in [5.41, 5.74) is 0. The molecule has 0 spiro atoms. The molecule has 52 valence electrons. The average Bonchev–Trinajstić information content (AvgIpc) is 1.88. The molecule has 0 aliphatic carbocycles. The lowest BCUT2D eigenvalue weighted by molar-refractivity contribution is 0.260. The van der Waals surface area contributed by atoms with E-state index in [1.165, 1.54) is 32.4 Å². The Bertz CT molecular complexity index is 83.1. The number of piperidine rings is 2. The molecule has 2 nitrogen and oxygen atoms in total. The number of nitrogens with one attached hydrogen (secondary N) is 2. The fourth-order valence-electron chi connectivity index (χ4n) is 1.87. The maximum Gasteiger partial charge on any atom is 0.00939 e. The Morgan fingerprint density at radius 1 is 0.889 bits per heavy atom. The second kappa shape index (κ2) is 2.27. The fraction of sp³-hybridized carbons (Fsp3) is 1.00. The first-order valence-corrected chi connectivity index (χ1v) is 3.92. The van der Waals surface area contributed by atoms with Crippen LogP contribution in [-0.2, 0) is 0 Å². The number of fused-ring (bicyclic) bond motifs is 2. The standard InChI is InChI=1S/C7H14N2/c1-3-8-7-2-4-9-6(1)5-7/h6-9H,1-5H2. The molecule has 2 saturated heterocycles. The van der Waals surface area contributed by atoms with Crippen molar-refractivity contribution >= 4 is 0 Å². The molecule has 2 atom stereocenters. The van der Waals surface area contributed by atoms with E-state index in [1.54, 1.807) is 0 Å². The van der Waals surface area contributed by atoms with E-state index in [0.29, 0.717) is 0 Å². The van der Waals surface area contributed by atoms with Gasteiger partial charge in [-0.25, -0.2) is 0 Å². The van der Waals surface area contributed by atoms with Crippen LogP contribution in [0, 0.1) is 0 Å². The van der Waals surface area contributed by atoms with Crippen LogP contribution < -0.4 is 10.6 Å². The van der Waals surface area contributed by atoms with Crippen molar-refractivity contribution in [2.24, 2.45) is 0 Å². The second-order valence-corrected chi connectivity index (χ2v) is 3.12. The maximum atomic E-state index is 3.51. The van der Waals surface area contributed by atoms with Crippen LogP contribution in [0.4, 0.5) is 0 Å². The maximum absolute atomic E-state index is 3.51. The largest absolute Gasteiger partial charge is 0.314 e. The summed E-state index contributed by atoms with van der Waals surface area (Å²) in [4.78, 5) is 0. The smallest absolute Gasteiger partial charge is 0.00939 e. The molecule has 2 unspecified atom stereocenters. The van der Waals surface area contributed by atoms with Gasteiger partial charge in [-0.1, -0.05) is 0 Å². The van der Waals surface area contributed by atoms with Crippen molar-refractivity contribution in [1.82, 2.24) is 10.6 Å². The van der Waals surface area contributed by atoms with Gasteiger partial charge < -0.3 is 10.6 Å². The lowest BCUT2D eigenvalue weighted by Crippen LogP contribution is -2.51. The molecule has 0 amide bonds. The Hall–Kier alpha value is -0.0800. The molecule has 2 rings (SSSR count). The lowest BCUT2D eigenvalue weighted by Gasteiger charge is -2.35. The van der Waals surface area contributed by atoms with E-state index in [4.69, 9.17) is 0 Å². The zero-order valence-corrected chi connectivity index (χ0v) is 5.69. The van der Waals surface area contributed by atoms with Crippen LogP contribution in [0.1, 0.15) is 19.3 Å². The summed E-state index contributed by atoms with van der Waals surface area (Å²) in [6, 6.07) is 1.68. The van der Waals surface area contributed by atoms with Crippen LogP contribution in [-0.4, -0.2) is 25.2 Å². The monoisotopic (exact) mass is 126 g/mol. The first kappa shape index (κ1) is 5.69. The predicted molar refractivity (Wildman–Crippen MR) is 37.4 cm³/mol. The number of hydrogen-bond acceptors (Lipinski definition) is 2. The zero-order chi connectivity index (χ0) is 6.10. The molecule has 2 heteroatoms. The molecule has 2 N–H and O–H groups in total. The first-order chi connectivity index (χ1) is 4.45. The van der Waals surface area contributed by atoms with Crippen LogP contribution in [0.2, 0.25) is 0 Å². The Labute approximate surface area is 56.0 Å². The van der Waals surface area contributed by atoms with Crippen LogP contribution in [0.5, 0.6) is 0 Å². The fourth-order valence-corrected chi connectivity index (χ4v) is 1.87. The molecule has 0 radical (unpaired) electrons. The van der Waals surface area contributed by atoms with E-state index in [1.807, 2.05) is 0 Å². The van der Waals surface area contributed by atoms with E-state index in [9.17, 15) is 0 Å². The minimum Gasteiger partial charge on any atom is -0.314 e. The van der Waals surface area contributed by atoms with Gasteiger partial charge in [-0.05, 0) is 32.4 Å². The van der Waals surface area contributed by atoms with E-state index in [0.717, 1.165) is 12.1 Å². The Morgan fingerprint density at radius 2 is 1.44 bits per heavy atom. The van der Waals surface area contributed by atoms with Crippen molar-refractivity contribution in [2.45, 2.75) is 31.3 Å². The Balaban J connectivity index is 1.96. The van der Waals surface area contributed by atoms with Gasteiger partial charge in [-0.15, -0.1) is 0 Å². The van der Waals surface area contributed by atoms with E-state index in [2.05, 4.69) is 10.6 Å². The van der Waals surface area contributed by atoms with Crippen LogP contribution >= 0.6 is 0 Å². The van der Waals surface area contributed by atoms with Gasteiger partial charge in [0.1, 0.15) is 0 Å². The zero-order valence-electron chi connectivity index (χ0n) is 5.69. The summed E-state index contributed by atoms with van der Waals surface area (Å²) in [6.07, 6.45) is 4.02. The molecule has 2 bridgehead atoms. The minimum atomic E-state index is 0.838. The molecule has 2 aliphatic heterocycles.